The maximum atomic E-state index is 5.97. The van der Waals surface area contributed by atoms with Crippen molar-refractivity contribution in [1.29, 1.82) is 0 Å². The Balaban J connectivity index is 2.07. The number of nitrogens with two attached hydrogens (primary N) is 1. The van der Waals surface area contributed by atoms with E-state index in [-0.39, 0.29) is 0 Å². The van der Waals surface area contributed by atoms with E-state index < -0.39 is 0 Å². The van der Waals surface area contributed by atoms with Crippen LogP contribution in [0.3, 0.4) is 0 Å². The van der Waals surface area contributed by atoms with E-state index in [0.29, 0.717) is 11.9 Å². The average Bonchev–Trinajstić information content (AvgIpc) is 3.16. The number of aromatic nitrogens is 2. The van der Waals surface area contributed by atoms with Crippen LogP contribution < -0.4 is 15.2 Å². The molecule has 1 aromatic carbocycles. The average molecular weight is 259 g/mol. The lowest BCUT2D eigenvalue weighted by Gasteiger charge is -2.13. The minimum absolute atomic E-state index is 0.302. The Kier molecular flexibility index (Phi) is 2.81. The summed E-state index contributed by atoms with van der Waals surface area (Å²) in [7, 11) is 3.46. The molecule has 0 bridgehead atoms. The van der Waals surface area contributed by atoms with Crippen LogP contribution in [0, 0.1) is 0 Å². The van der Waals surface area contributed by atoms with Crippen molar-refractivity contribution in [2.24, 2.45) is 7.05 Å². The van der Waals surface area contributed by atoms with Crippen LogP contribution in [-0.4, -0.2) is 23.0 Å². The number of ether oxygens (including phenoxy) is 2. The molecule has 1 aliphatic carbocycles. The van der Waals surface area contributed by atoms with Gasteiger partial charge in [0.25, 0.3) is 0 Å². The molecule has 1 aromatic heterocycles. The number of para-hydroxylation sites is 1. The zero-order chi connectivity index (χ0) is 13.4. The second-order valence-electron chi connectivity index (χ2n) is 4.73. The highest BCUT2D eigenvalue weighted by Crippen LogP contribution is 2.41. The third-order valence-electron chi connectivity index (χ3n) is 3.20. The Hall–Kier alpha value is -2.17. The first-order valence-corrected chi connectivity index (χ1v) is 6.32. The number of aryl methyl sites for hydroxylation is 1. The Morgan fingerprint density at radius 3 is 2.74 bits per heavy atom. The van der Waals surface area contributed by atoms with Crippen LogP contribution in [-0.2, 0) is 7.05 Å². The Labute approximate surface area is 111 Å². The minimum Gasteiger partial charge on any atom is -0.493 e. The SMILES string of the molecule is COc1cccc(-c2cc(N)n(C)n2)c1OC1CC1. The summed E-state index contributed by atoms with van der Waals surface area (Å²) >= 11 is 0. The fraction of sp³-hybridized carbons (Fsp3) is 0.357. The van der Waals surface area contributed by atoms with Gasteiger partial charge in [0.1, 0.15) is 5.82 Å². The number of hydrogen-bond donors (Lipinski definition) is 1. The summed E-state index contributed by atoms with van der Waals surface area (Å²) in [5.74, 6) is 2.11. The first kappa shape index (κ1) is 11.9. The van der Waals surface area contributed by atoms with E-state index in [2.05, 4.69) is 5.10 Å². The molecule has 1 fully saturated rings. The second-order valence-corrected chi connectivity index (χ2v) is 4.73. The predicted octanol–water partition coefficient (Wildman–Crippen LogP) is 2.22. The van der Waals surface area contributed by atoms with E-state index in [1.807, 2.05) is 31.3 Å². The minimum atomic E-state index is 0.302. The van der Waals surface area contributed by atoms with Gasteiger partial charge < -0.3 is 15.2 Å². The van der Waals surface area contributed by atoms with Crippen molar-refractivity contribution in [2.45, 2.75) is 18.9 Å². The number of nitrogen functional groups attached to an aromatic ring is 1. The zero-order valence-corrected chi connectivity index (χ0v) is 11.1. The number of anilines is 1. The Morgan fingerprint density at radius 2 is 2.16 bits per heavy atom. The van der Waals surface area contributed by atoms with E-state index in [9.17, 15) is 0 Å². The number of hydrogen-bond acceptors (Lipinski definition) is 4. The summed E-state index contributed by atoms with van der Waals surface area (Å²) in [6.45, 7) is 0. The van der Waals surface area contributed by atoms with Crippen molar-refractivity contribution < 1.29 is 9.47 Å². The summed E-state index contributed by atoms with van der Waals surface area (Å²) in [6.07, 6.45) is 2.50. The molecule has 0 spiro atoms. The van der Waals surface area contributed by atoms with Gasteiger partial charge in [0.2, 0.25) is 0 Å². The van der Waals surface area contributed by atoms with E-state index in [4.69, 9.17) is 15.2 Å². The van der Waals surface area contributed by atoms with E-state index in [1.165, 1.54) is 0 Å². The molecule has 5 heteroatoms. The van der Waals surface area contributed by atoms with Gasteiger partial charge in [-0.2, -0.15) is 5.10 Å². The third kappa shape index (κ3) is 2.23. The Morgan fingerprint density at radius 1 is 1.37 bits per heavy atom. The quantitative estimate of drug-likeness (QED) is 0.914. The van der Waals surface area contributed by atoms with Gasteiger partial charge in [0.15, 0.2) is 11.5 Å². The van der Waals surface area contributed by atoms with Crippen LogP contribution in [0.1, 0.15) is 12.8 Å². The van der Waals surface area contributed by atoms with Gasteiger partial charge >= 0.3 is 0 Å². The molecular formula is C14H17N3O2. The van der Waals surface area contributed by atoms with Gasteiger partial charge in [0.05, 0.1) is 18.9 Å². The second kappa shape index (κ2) is 4.50. The van der Waals surface area contributed by atoms with Gasteiger partial charge in [-0.3, -0.25) is 4.68 Å². The predicted molar refractivity (Wildman–Crippen MR) is 73.3 cm³/mol. The molecule has 3 rings (SSSR count). The molecule has 0 unspecified atom stereocenters. The van der Waals surface area contributed by atoms with E-state index in [0.717, 1.165) is 35.6 Å². The lowest BCUT2D eigenvalue weighted by Crippen LogP contribution is -2.01. The van der Waals surface area contributed by atoms with Crippen LogP contribution in [0.5, 0.6) is 11.5 Å². The third-order valence-corrected chi connectivity index (χ3v) is 3.20. The van der Waals surface area contributed by atoms with E-state index in [1.54, 1.807) is 11.8 Å². The first-order valence-electron chi connectivity index (χ1n) is 6.32. The summed E-state index contributed by atoms with van der Waals surface area (Å²) in [4.78, 5) is 0. The largest absolute Gasteiger partial charge is 0.493 e. The fourth-order valence-electron chi connectivity index (χ4n) is 1.97. The monoisotopic (exact) mass is 259 g/mol. The molecule has 0 aliphatic heterocycles. The van der Waals surface area contributed by atoms with Crippen molar-refractivity contribution in [1.82, 2.24) is 9.78 Å². The molecular weight excluding hydrogens is 242 g/mol. The number of nitrogens with zero attached hydrogens (tertiary/aromatic N) is 2. The molecule has 19 heavy (non-hydrogen) atoms. The highest BCUT2D eigenvalue weighted by Gasteiger charge is 2.27. The normalized spacial score (nSPS) is 14.4. The number of benzene rings is 1. The lowest BCUT2D eigenvalue weighted by atomic mass is 10.1. The van der Waals surface area contributed by atoms with Crippen LogP contribution in [0.2, 0.25) is 0 Å². The highest BCUT2D eigenvalue weighted by atomic mass is 16.5. The molecule has 2 aromatic rings. The van der Waals surface area contributed by atoms with E-state index >= 15 is 0 Å². The smallest absolute Gasteiger partial charge is 0.171 e. The van der Waals surface area contributed by atoms with Crippen molar-refractivity contribution in [3.8, 4) is 22.8 Å². The first-order chi connectivity index (χ1) is 9.19. The summed E-state index contributed by atoms with van der Waals surface area (Å²) < 4.78 is 13.0. The molecule has 2 N–H and O–H groups in total. The van der Waals surface area contributed by atoms with Crippen LogP contribution >= 0.6 is 0 Å². The zero-order valence-electron chi connectivity index (χ0n) is 11.1. The number of methoxy groups -OCH3 is 1. The van der Waals surface area contributed by atoms with Gasteiger partial charge in [-0.15, -0.1) is 0 Å². The van der Waals surface area contributed by atoms with Gasteiger partial charge in [-0.1, -0.05) is 6.07 Å². The van der Waals surface area contributed by atoms with Gasteiger partial charge in [-0.25, -0.2) is 0 Å². The lowest BCUT2D eigenvalue weighted by molar-refractivity contribution is 0.283. The van der Waals surface area contributed by atoms with Crippen LogP contribution in [0.15, 0.2) is 24.3 Å². The topological polar surface area (TPSA) is 62.3 Å². The van der Waals surface area contributed by atoms with Gasteiger partial charge in [-0.05, 0) is 25.0 Å². The van der Waals surface area contributed by atoms with Gasteiger partial charge in [0, 0.05) is 18.7 Å². The molecule has 1 aliphatic rings. The molecule has 100 valence electrons. The summed E-state index contributed by atoms with van der Waals surface area (Å²) in [5, 5.41) is 4.40. The van der Waals surface area contributed by atoms with Crippen molar-refractivity contribution in [2.75, 3.05) is 12.8 Å². The maximum Gasteiger partial charge on any atom is 0.171 e. The van der Waals surface area contributed by atoms with Crippen molar-refractivity contribution >= 4 is 5.82 Å². The maximum absolute atomic E-state index is 5.97. The number of rotatable bonds is 4. The Bertz CT molecular complexity index is 583. The summed E-state index contributed by atoms with van der Waals surface area (Å²) in [6, 6.07) is 7.64. The standard InChI is InChI=1S/C14H17N3O2/c1-17-13(15)8-11(16-17)10-4-3-5-12(18-2)14(10)19-9-6-7-9/h3-5,8-9H,6-7,15H2,1-2H3. The molecule has 0 amide bonds. The fourth-order valence-corrected chi connectivity index (χ4v) is 1.97. The van der Waals surface area contributed by atoms with Crippen molar-refractivity contribution in [3.05, 3.63) is 24.3 Å². The van der Waals surface area contributed by atoms with Crippen molar-refractivity contribution in [3.63, 3.8) is 0 Å². The molecule has 0 radical (unpaired) electrons. The molecule has 0 atom stereocenters. The highest BCUT2D eigenvalue weighted by molar-refractivity contribution is 5.72. The van der Waals surface area contributed by atoms with Crippen LogP contribution in [0.25, 0.3) is 11.3 Å². The molecule has 0 saturated heterocycles. The molecule has 1 saturated carbocycles. The van der Waals surface area contributed by atoms with Crippen LogP contribution in [0.4, 0.5) is 5.82 Å². The molecule has 1 heterocycles. The summed E-state index contributed by atoms with van der Waals surface area (Å²) in [5.41, 5.74) is 7.56. The molecule has 5 nitrogen and oxygen atoms in total.